The molecule has 0 aliphatic rings. The minimum atomic E-state index is -0.286. The molecule has 0 spiro atoms. The molecule has 0 heterocycles. The van der Waals surface area contributed by atoms with Crippen molar-refractivity contribution in [2.24, 2.45) is 5.10 Å². The normalized spacial score (nSPS) is 10.7. The molecule has 0 radical (unpaired) electrons. The summed E-state index contributed by atoms with van der Waals surface area (Å²) >= 11 is 1.75. The van der Waals surface area contributed by atoms with Gasteiger partial charge in [0.1, 0.15) is 0 Å². The second-order valence-corrected chi connectivity index (χ2v) is 7.51. The van der Waals surface area contributed by atoms with Crippen LogP contribution in [-0.4, -0.2) is 33.5 Å². The molecule has 0 saturated carbocycles. The summed E-state index contributed by atoms with van der Waals surface area (Å²) in [6, 6.07) is 21.2. The topological polar surface area (TPSA) is 69.2 Å². The van der Waals surface area contributed by atoms with Crippen molar-refractivity contribution in [3.8, 4) is 17.2 Å². The van der Waals surface area contributed by atoms with Gasteiger partial charge in [-0.25, -0.2) is 5.43 Å². The van der Waals surface area contributed by atoms with Crippen molar-refractivity contribution >= 4 is 23.9 Å². The number of methoxy groups -OCH3 is 3. The highest BCUT2D eigenvalue weighted by Crippen LogP contribution is 2.37. The number of hydrogen-bond acceptors (Lipinski definition) is 6. The highest BCUT2D eigenvalue weighted by Gasteiger charge is 2.12. The van der Waals surface area contributed by atoms with Gasteiger partial charge in [-0.1, -0.05) is 30.3 Å². The van der Waals surface area contributed by atoms with Gasteiger partial charge in [-0.15, -0.1) is 11.8 Å². The van der Waals surface area contributed by atoms with E-state index in [4.69, 9.17) is 14.2 Å². The lowest BCUT2D eigenvalue weighted by Crippen LogP contribution is -2.17. The van der Waals surface area contributed by atoms with E-state index in [1.165, 1.54) is 11.1 Å². The van der Waals surface area contributed by atoms with Gasteiger partial charge in [0.05, 0.1) is 27.5 Å². The monoisotopic (exact) mass is 436 g/mol. The number of hydrazone groups is 1. The molecule has 3 aromatic rings. The van der Waals surface area contributed by atoms with E-state index in [1.807, 2.05) is 30.3 Å². The van der Waals surface area contributed by atoms with Crippen molar-refractivity contribution in [3.05, 3.63) is 83.4 Å². The molecular formula is C24H24N2O4S. The van der Waals surface area contributed by atoms with Crippen LogP contribution in [0, 0.1) is 0 Å². The Morgan fingerprint density at radius 2 is 1.58 bits per heavy atom. The van der Waals surface area contributed by atoms with Gasteiger partial charge in [-0.2, -0.15) is 5.10 Å². The van der Waals surface area contributed by atoms with Crippen LogP contribution in [0.5, 0.6) is 17.2 Å². The number of amides is 1. The van der Waals surface area contributed by atoms with E-state index in [1.54, 1.807) is 57.4 Å². The quantitative estimate of drug-likeness (QED) is 0.297. The van der Waals surface area contributed by atoms with Crippen LogP contribution in [0.4, 0.5) is 0 Å². The zero-order valence-corrected chi connectivity index (χ0v) is 18.4. The molecule has 0 atom stereocenters. The number of benzene rings is 3. The average Bonchev–Trinajstić information content (AvgIpc) is 2.82. The standard InChI is InChI=1S/C24H24N2O4S/c1-28-21-13-18(14-22(29-2)23(21)30-3)15-25-26-24(27)19-11-9-17(10-12-19)16-31-20-7-5-4-6-8-20/h4-15H,16H2,1-3H3,(H,26,27). The molecule has 3 aromatic carbocycles. The summed E-state index contributed by atoms with van der Waals surface area (Å²) in [6.45, 7) is 0. The largest absolute Gasteiger partial charge is 0.493 e. The van der Waals surface area contributed by atoms with Crippen molar-refractivity contribution in [1.29, 1.82) is 0 Å². The first-order valence-electron chi connectivity index (χ1n) is 9.54. The predicted molar refractivity (Wildman–Crippen MR) is 124 cm³/mol. The Morgan fingerprint density at radius 1 is 0.935 bits per heavy atom. The minimum Gasteiger partial charge on any atom is -0.493 e. The molecule has 1 amide bonds. The fourth-order valence-corrected chi connectivity index (χ4v) is 3.72. The molecule has 0 unspecified atom stereocenters. The number of nitrogens with one attached hydrogen (secondary N) is 1. The Hall–Kier alpha value is -3.45. The molecule has 6 nitrogen and oxygen atoms in total. The molecule has 0 fully saturated rings. The van der Waals surface area contributed by atoms with Crippen LogP contribution in [0.3, 0.4) is 0 Å². The second-order valence-electron chi connectivity index (χ2n) is 6.46. The van der Waals surface area contributed by atoms with E-state index >= 15 is 0 Å². The lowest BCUT2D eigenvalue weighted by atomic mass is 10.1. The van der Waals surface area contributed by atoms with E-state index in [9.17, 15) is 4.79 Å². The first-order valence-corrected chi connectivity index (χ1v) is 10.5. The minimum absolute atomic E-state index is 0.286. The molecule has 160 valence electrons. The lowest BCUT2D eigenvalue weighted by Gasteiger charge is -2.12. The lowest BCUT2D eigenvalue weighted by molar-refractivity contribution is 0.0955. The molecule has 0 aromatic heterocycles. The van der Waals surface area contributed by atoms with Crippen LogP contribution >= 0.6 is 11.8 Å². The maximum absolute atomic E-state index is 12.4. The van der Waals surface area contributed by atoms with Gasteiger partial charge in [0.2, 0.25) is 5.75 Å². The average molecular weight is 437 g/mol. The number of thioether (sulfide) groups is 1. The van der Waals surface area contributed by atoms with Gasteiger partial charge in [0.25, 0.3) is 5.91 Å². The number of hydrogen-bond donors (Lipinski definition) is 1. The molecule has 0 bridgehead atoms. The molecule has 0 aliphatic carbocycles. The smallest absolute Gasteiger partial charge is 0.271 e. The van der Waals surface area contributed by atoms with E-state index in [0.29, 0.717) is 28.4 Å². The number of carbonyl (C=O) groups is 1. The molecule has 3 rings (SSSR count). The van der Waals surface area contributed by atoms with Gasteiger partial charge in [0, 0.05) is 21.8 Å². The summed E-state index contributed by atoms with van der Waals surface area (Å²) in [7, 11) is 4.63. The van der Waals surface area contributed by atoms with E-state index in [-0.39, 0.29) is 5.91 Å². The highest BCUT2D eigenvalue weighted by molar-refractivity contribution is 7.98. The summed E-state index contributed by atoms with van der Waals surface area (Å²) in [5.41, 5.74) is 4.92. The predicted octanol–water partition coefficient (Wildman–Crippen LogP) is 4.77. The molecule has 0 aliphatic heterocycles. The molecule has 7 heteroatoms. The molecule has 31 heavy (non-hydrogen) atoms. The Morgan fingerprint density at radius 3 is 2.16 bits per heavy atom. The Kier molecular flexibility index (Phi) is 7.95. The Labute approximate surface area is 186 Å². The van der Waals surface area contributed by atoms with Gasteiger partial charge in [0.15, 0.2) is 11.5 Å². The second kappa shape index (κ2) is 11.1. The van der Waals surface area contributed by atoms with Crippen LogP contribution in [0.25, 0.3) is 0 Å². The SMILES string of the molecule is COc1cc(C=NNC(=O)c2ccc(CSc3ccccc3)cc2)cc(OC)c1OC. The Balaban J connectivity index is 1.59. The Bertz CT molecular complexity index is 1010. The summed E-state index contributed by atoms with van der Waals surface area (Å²) < 4.78 is 15.9. The van der Waals surface area contributed by atoms with Crippen LogP contribution < -0.4 is 19.6 Å². The summed E-state index contributed by atoms with van der Waals surface area (Å²) in [4.78, 5) is 13.6. The van der Waals surface area contributed by atoms with E-state index in [0.717, 1.165) is 11.3 Å². The van der Waals surface area contributed by atoms with Gasteiger partial charge >= 0.3 is 0 Å². The third kappa shape index (κ3) is 6.02. The first-order chi connectivity index (χ1) is 15.1. The van der Waals surface area contributed by atoms with Crippen LogP contribution in [0.2, 0.25) is 0 Å². The van der Waals surface area contributed by atoms with Crippen LogP contribution in [-0.2, 0) is 5.75 Å². The van der Waals surface area contributed by atoms with Crippen molar-refractivity contribution in [1.82, 2.24) is 5.43 Å². The van der Waals surface area contributed by atoms with E-state index in [2.05, 4.69) is 22.7 Å². The molecule has 1 N–H and O–H groups in total. The number of nitrogens with zero attached hydrogens (tertiary/aromatic N) is 1. The van der Waals surface area contributed by atoms with Gasteiger partial charge in [-0.05, 0) is 42.0 Å². The summed E-state index contributed by atoms with van der Waals surface area (Å²) in [5.74, 6) is 2.07. The van der Waals surface area contributed by atoms with Crippen molar-refractivity contribution < 1.29 is 19.0 Å². The van der Waals surface area contributed by atoms with Crippen LogP contribution in [0.15, 0.2) is 76.7 Å². The summed E-state index contributed by atoms with van der Waals surface area (Å²) in [6.07, 6.45) is 1.52. The number of rotatable bonds is 9. The zero-order chi connectivity index (χ0) is 22.1. The van der Waals surface area contributed by atoms with Crippen LogP contribution in [0.1, 0.15) is 21.5 Å². The van der Waals surface area contributed by atoms with Crippen molar-refractivity contribution in [2.75, 3.05) is 21.3 Å². The summed E-state index contributed by atoms with van der Waals surface area (Å²) in [5, 5.41) is 4.04. The fraction of sp³-hybridized carbons (Fsp3) is 0.167. The third-order valence-corrected chi connectivity index (χ3v) is 5.51. The fourth-order valence-electron chi connectivity index (χ4n) is 2.84. The maximum atomic E-state index is 12.4. The van der Waals surface area contributed by atoms with Crippen molar-refractivity contribution in [3.63, 3.8) is 0 Å². The number of carbonyl (C=O) groups excluding carboxylic acids is 1. The van der Waals surface area contributed by atoms with Crippen molar-refractivity contribution in [2.45, 2.75) is 10.6 Å². The molecule has 0 saturated heterocycles. The third-order valence-electron chi connectivity index (χ3n) is 4.43. The highest BCUT2D eigenvalue weighted by atomic mass is 32.2. The number of ether oxygens (including phenoxy) is 3. The van der Waals surface area contributed by atoms with Gasteiger partial charge < -0.3 is 14.2 Å². The first kappa shape index (κ1) is 22.2. The van der Waals surface area contributed by atoms with Gasteiger partial charge in [-0.3, -0.25) is 4.79 Å². The maximum Gasteiger partial charge on any atom is 0.271 e. The van der Waals surface area contributed by atoms with E-state index < -0.39 is 0 Å². The zero-order valence-electron chi connectivity index (χ0n) is 17.6. The molecular weight excluding hydrogens is 412 g/mol.